The molecular formula is C15H18F2N2O. The molecule has 0 aliphatic carbocycles. The van der Waals surface area contributed by atoms with Crippen molar-refractivity contribution in [2.24, 2.45) is 0 Å². The summed E-state index contributed by atoms with van der Waals surface area (Å²) in [7, 11) is 0. The third-order valence-corrected chi connectivity index (χ3v) is 2.79. The summed E-state index contributed by atoms with van der Waals surface area (Å²) in [6.07, 6.45) is -2.49. The summed E-state index contributed by atoms with van der Waals surface area (Å²) in [4.78, 5) is 4.50. The Balaban J connectivity index is 2.31. The number of ether oxygens (including phenoxy) is 1. The Labute approximate surface area is 117 Å². The van der Waals surface area contributed by atoms with E-state index in [0.29, 0.717) is 18.3 Å². The molecule has 0 radical (unpaired) electrons. The number of fused-ring (bicyclic) bond motifs is 1. The van der Waals surface area contributed by atoms with Crippen molar-refractivity contribution < 1.29 is 13.5 Å². The van der Waals surface area contributed by atoms with Gasteiger partial charge in [-0.3, -0.25) is 4.98 Å². The molecule has 3 nitrogen and oxygen atoms in total. The van der Waals surface area contributed by atoms with Crippen LogP contribution in [-0.4, -0.2) is 24.1 Å². The Hall–Kier alpha value is -1.75. The zero-order chi connectivity index (χ0) is 14.5. The van der Waals surface area contributed by atoms with Crippen molar-refractivity contribution in [3.63, 3.8) is 0 Å². The third kappa shape index (κ3) is 3.87. The highest BCUT2D eigenvalue weighted by Gasteiger charge is 2.10. The fourth-order valence-electron chi connectivity index (χ4n) is 1.87. The van der Waals surface area contributed by atoms with Crippen molar-refractivity contribution in [3.05, 3.63) is 36.0 Å². The molecule has 2 rings (SSSR count). The van der Waals surface area contributed by atoms with Gasteiger partial charge in [0.25, 0.3) is 6.43 Å². The molecule has 1 aromatic carbocycles. The van der Waals surface area contributed by atoms with Crippen LogP contribution in [0.5, 0.6) is 5.75 Å². The van der Waals surface area contributed by atoms with E-state index in [-0.39, 0.29) is 0 Å². The Morgan fingerprint density at radius 1 is 1.25 bits per heavy atom. The number of para-hydroxylation sites is 1. The van der Waals surface area contributed by atoms with E-state index in [0.717, 1.165) is 16.6 Å². The van der Waals surface area contributed by atoms with Crippen LogP contribution in [0.4, 0.5) is 8.78 Å². The summed E-state index contributed by atoms with van der Waals surface area (Å²) >= 11 is 0. The van der Waals surface area contributed by atoms with Gasteiger partial charge in [0.1, 0.15) is 12.4 Å². The van der Waals surface area contributed by atoms with Gasteiger partial charge in [-0.25, -0.2) is 8.78 Å². The first kappa shape index (κ1) is 14.7. The minimum absolute atomic E-state index is 0.328. The minimum atomic E-state index is -2.49. The molecule has 1 heterocycles. The smallest absolute Gasteiger partial charge is 0.272 e. The molecule has 5 heteroatoms. The largest absolute Gasteiger partial charge is 0.487 e. The molecule has 108 valence electrons. The van der Waals surface area contributed by atoms with E-state index in [2.05, 4.69) is 10.3 Å². The van der Waals surface area contributed by atoms with E-state index in [1.165, 1.54) is 0 Å². The van der Waals surface area contributed by atoms with Crippen molar-refractivity contribution in [3.8, 4) is 5.75 Å². The summed E-state index contributed by atoms with van der Waals surface area (Å²) in [5.41, 5.74) is 1.53. The van der Waals surface area contributed by atoms with Crippen LogP contribution in [0.1, 0.15) is 19.5 Å². The number of hydrogen-bond acceptors (Lipinski definition) is 3. The predicted molar refractivity (Wildman–Crippen MR) is 75.2 cm³/mol. The summed E-state index contributed by atoms with van der Waals surface area (Å²) < 4.78 is 29.9. The molecule has 1 N–H and O–H groups in total. The number of nitrogens with one attached hydrogen (secondary N) is 1. The molecule has 0 saturated carbocycles. The lowest BCUT2D eigenvalue weighted by molar-refractivity contribution is 0.0826. The van der Waals surface area contributed by atoms with E-state index in [9.17, 15) is 8.78 Å². The topological polar surface area (TPSA) is 34.1 Å². The molecule has 0 saturated heterocycles. The van der Waals surface area contributed by atoms with Gasteiger partial charge in [0.05, 0.1) is 11.2 Å². The lowest BCUT2D eigenvalue weighted by Crippen LogP contribution is -2.22. The number of benzene rings is 1. The van der Waals surface area contributed by atoms with Crippen LogP contribution in [0.2, 0.25) is 0 Å². The molecule has 2 aromatic rings. The van der Waals surface area contributed by atoms with Crippen molar-refractivity contribution in [1.82, 2.24) is 10.3 Å². The van der Waals surface area contributed by atoms with E-state index < -0.39 is 13.0 Å². The van der Waals surface area contributed by atoms with Gasteiger partial charge in [-0.1, -0.05) is 26.0 Å². The summed E-state index contributed by atoms with van der Waals surface area (Å²) in [6, 6.07) is 9.43. The Kier molecular flexibility index (Phi) is 4.84. The molecule has 20 heavy (non-hydrogen) atoms. The second kappa shape index (κ2) is 6.61. The van der Waals surface area contributed by atoms with Crippen LogP contribution in [0, 0.1) is 0 Å². The second-order valence-electron chi connectivity index (χ2n) is 4.87. The van der Waals surface area contributed by atoms with Crippen LogP contribution >= 0.6 is 0 Å². The van der Waals surface area contributed by atoms with Gasteiger partial charge in [0, 0.05) is 24.0 Å². The average molecular weight is 280 g/mol. The number of nitrogens with zero attached hydrogens (tertiary/aromatic N) is 1. The van der Waals surface area contributed by atoms with Gasteiger partial charge in [0.2, 0.25) is 0 Å². The van der Waals surface area contributed by atoms with E-state index in [1.54, 1.807) is 6.07 Å². The van der Waals surface area contributed by atoms with E-state index in [1.807, 2.05) is 38.1 Å². The maximum atomic E-state index is 12.3. The van der Waals surface area contributed by atoms with Crippen molar-refractivity contribution >= 4 is 10.9 Å². The number of pyridine rings is 1. The van der Waals surface area contributed by atoms with Crippen LogP contribution in [-0.2, 0) is 6.54 Å². The quantitative estimate of drug-likeness (QED) is 0.881. The summed E-state index contributed by atoms with van der Waals surface area (Å²) in [5.74, 6) is 0.455. The van der Waals surface area contributed by atoms with Gasteiger partial charge >= 0.3 is 0 Å². The Morgan fingerprint density at radius 2 is 2.00 bits per heavy atom. The molecule has 0 spiro atoms. The maximum Gasteiger partial charge on any atom is 0.272 e. The average Bonchev–Trinajstić information content (AvgIpc) is 2.42. The van der Waals surface area contributed by atoms with Gasteiger partial charge < -0.3 is 10.1 Å². The van der Waals surface area contributed by atoms with Crippen molar-refractivity contribution in [1.29, 1.82) is 0 Å². The Morgan fingerprint density at radius 3 is 2.70 bits per heavy atom. The first-order chi connectivity index (χ1) is 9.56. The number of aromatic nitrogens is 1. The second-order valence-corrected chi connectivity index (χ2v) is 4.87. The standard InChI is InChI=1S/C15H18F2N2O/c1-10(2)18-8-11-7-14(20-9-15(16)17)12-5-3-4-6-13(12)19-11/h3-7,10,15,18H,8-9H2,1-2H3. The van der Waals surface area contributed by atoms with Crippen LogP contribution < -0.4 is 10.1 Å². The predicted octanol–water partition coefficient (Wildman–Crippen LogP) is 3.38. The molecule has 0 aliphatic rings. The lowest BCUT2D eigenvalue weighted by atomic mass is 10.2. The first-order valence-electron chi connectivity index (χ1n) is 6.59. The SMILES string of the molecule is CC(C)NCc1cc(OCC(F)F)c2ccccc2n1. The van der Waals surface area contributed by atoms with Crippen molar-refractivity contribution in [2.75, 3.05) is 6.61 Å². The van der Waals surface area contributed by atoms with Gasteiger partial charge in [-0.15, -0.1) is 0 Å². The van der Waals surface area contributed by atoms with Gasteiger partial charge in [-0.2, -0.15) is 0 Å². The highest BCUT2D eigenvalue weighted by molar-refractivity contribution is 5.85. The number of alkyl halides is 2. The fourth-order valence-corrected chi connectivity index (χ4v) is 1.87. The molecule has 1 aromatic heterocycles. The molecule has 0 bridgehead atoms. The van der Waals surface area contributed by atoms with Gasteiger partial charge in [0.15, 0.2) is 0 Å². The van der Waals surface area contributed by atoms with Gasteiger partial charge in [-0.05, 0) is 12.1 Å². The van der Waals surface area contributed by atoms with Crippen LogP contribution in [0.25, 0.3) is 10.9 Å². The third-order valence-electron chi connectivity index (χ3n) is 2.79. The van der Waals surface area contributed by atoms with Crippen LogP contribution in [0.3, 0.4) is 0 Å². The zero-order valence-electron chi connectivity index (χ0n) is 11.6. The zero-order valence-corrected chi connectivity index (χ0v) is 11.6. The lowest BCUT2D eigenvalue weighted by Gasteiger charge is -2.12. The van der Waals surface area contributed by atoms with E-state index >= 15 is 0 Å². The minimum Gasteiger partial charge on any atom is -0.487 e. The first-order valence-corrected chi connectivity index (χ1v) is 6.59. The molecule has 0 unspecified atom stereocenters. The fraction of sp³-hybridized carbons (Fsp3) is 0.400. The number of hydrogen-bond donors (Lipinski definition) is 1. The number of halogens is 2. The molecule has 0 aliphatic heterocycles. The molecule has 0 atom stereocenters. The molecule has 0 fully saturated rings. The van der Waals surface area contributed by atoms with E-state index in [4.69, 9.17) is 4.74 Å². The summed E-state index contributed by atoms with van der Waals surface area (Å²) in [6.45, 7) is 4.04. The highest BCUT2D eigenvalue weighted by atomic mass is 19.3. The van der Waals surface area contributed by atoms with Crippen molar-refractivity contribution in [2.45, 2.75) is 32.9 Å². The summed E-state index contributed by atoms with van der Waals surface area (Å²) in [5, 5.41) is 4.00. The molecular weight excluding hydrogens is 262 g/mol. The Bertz CT molecular complexity index is 573. The number of rotatable bonds is 6. The molecule has 0 amide bonds. The maximum absolute atomic E-state index is 12.3. The normalized spacial score (nSPS) is 11.5. The van der Waals surface area contributed by atoms with Crippen LogP contribution in [0.15, 0.2) is 30.3 Å². The monoisotopic (exact) mass is 280 g/mol. The highest BCUT2D eigenvalue weighted by Crippen LogP contribution is 2.25.